The fourth-order valence-electron chi connectivity index (χ4n) is 2.12. The van der Waals surface area contributed by atoms with Gasteiger partial charge in [-0.1, -0.05) is 11.8 Å². The lowest BCUT2D eigenvalue weighted by molar-refractivity contribution is 0.0661. The number of nitrogens with one attached hydrogen (secondary N) is 1. The molecule has 0 bridgehead atoms. The van der Waals surface area contributed by atoms with Crippen LogP contribution >= 0.6 is 11.8 Å². The summed E-state index contributed by atoms with van der Waals surface area (Å²) in [4.78, 5) is 29.8. The lowest BCUT2D eigenvalue weighted by atomic mass is 10.1. The monoisotopic (exact) mass is 358 g/mol. The molecule has 1 aromatic carbocycles. The molecule has 2 N–H and O–H groups in total. The van der Waals surface area contributed by atoms with Crippen molar-refractivity contribution >= 4 is 17.7 Å². The van der Waals surface area contributed by atoms with E-state index in [2.05, 4.69) is 9.97 Å². The zero-order chi connectivity index (χ0) is 17.8. The van der Waals surface area contributed by atoms with Crippen molar-refractivity contribution in [2.75, 3.05) is 7.11 Å². The highest BCUT2D eigenvalue weighted by molar-refractivity contribution is 7.98. The molecule has 0 spiro atoms. The van der Waals surface area contributed by atoms with Crippen LogP contribution in [0.25, 0.3) is 11.3 Å². The van der Waals surface area contributed by atoms with Crippen molar-refractivity contribution in [3.05, 3.63) is 64.3 Å². The topological polar surface area (TPSA) is 105 Å². The molecule has 2 heterocycles. The van der Waals surface area contributed by atoms with Gasteiger partial charge in [-0.05, 0) is 36.4 Å². The number of ether oxygens (including phenoxy) is 1. The fraction of sp³-hybridized carbons (Fsp3) is 0.118. The molecule has 0 aliphatic carbocycles. The standard InChI is InChI=1S/C17H14N2O5S/c1-23-11-4-2-10(3-5-11)13-8-15(20)19-17(18-13)25-9-12-6-7-14(24-12)16(21)22/h2-8H,9H2,1H3,(H,21,22)(H,18,19,20). The number of aromatic amines is 1. The second-order valence-electron chi connectivity index (χ2n) is 5.02. The van der Waals surface area contributed by atoms with E-state index in [-0.39, 0.29) is 11.3 Å². The van der Waals surface area contributed by atoms with Crippen molar-refractivity contribution in [2.45, 2.75) is 10.9 Å². The summed E-state index contributed by atoms with van der Waals surface area (Å²) in [6, 6.07) is 11.6. The van der Waals surface area contributed by atoms with Gasteiger partial charge in [0, 0.05) is 11.6 Å². The van der Waals surface area contributed by atoms with E-state index in [0.717, 1.165) is 11.3 Å². The highest BCUT2D eigenvalue weighted by Gasteiger charge is 2.10. The fourth-order valence-corrected chi connectivity index (χ4v) is 2.89. The Bertz CT molecular complexity index is 946. The molecule has 0 unspecified atom stereocenters. The van der Waals surface area contributed by atoms with Gasteiger partial charge in [0.2, 0.25) is 5.76 Å². The van der Waals surface area contributed by atoms with Gasteiger partial charge >= 0.3 is 5.97 Å². The third kappa shape index (κ3) is 4.10. The number of methoxy groups -OCH3 is 1. The first-order valence-corrected chi connectivity index (χ1v) is 8.24. The predicted octanol–water partition coefficient (Wildman–Crippen LogP) is 3.03. The van der Waals surface area contributed by atoms with E-state index in [0.29, 0.717) is 22.4 Å². The van der Waals surface area contributed by atoms with Crippen LogP contribution in [0, 0.1) is 0 Å². The molecule has 2 aromatic heterocycles. The SMILES string of the molecule is COc1ccc(-c2cc(=O)[nH]c(SCc3ccc(C(=O)O)o3)n2)cc1. The molecule has 3 aromatic rings. The molecule has 3 rings (SSSR count). The zero-order valence-electron chi connectivity index (χ0n) is 13.2. The minimum atomic E-state index is -1.12. The molecule has 0 radical (unpaired) electrons. The summed E-state index contributed by atoms with van der Waals surface area (Å²) in [7, 11) is 1.58. The summed E-state index contributed by atoms with van der Waals surface area (Å²) in [5.41, 5.74) is 1.06. The van der Waals surface area contributed by atoms with E-state index in [1.807, 2.05) is 12.1 Å². The summed E-state index contributed by atoms with van der Waals surface area (Å²) in [5.74, 6) is 0.311. The first kappa shape index (κ1) is 16.8. The summed E-state index contributed by atoms with van der Waals surface area (Å²) in [5, 5.41) is 9.27. The zero-order valence-corrected chi connectivity index (χ0v) is 14.0. The number of H-pyrrole nitrogens is 1. The Hall–Kier alpha value is -3.00. The number of carbonyl (C=O) groups is 1. The lowest BCUT2D eigenvalue weighted by Crippen LogP contribution is -2.08. The Morgan fingerprint density at radius 2 is 2.04 bits per heavy atom. The summed E-state index contributed by atoms with van der Waals surface area (Å²) < 4.78 is 10.3. The van der Waals surface area contributed by atoms with E-state index < -0.39 is 5.97 Å². The van der Waals surface area contributed by atoms with E-state index in [1.54, 1.807) is 25.3 Å². The Labute approximate surface area is 146 Å². The molecule has 0 aliphatic heterocycles. The molecule has 7 nitrogen and oxygen atoms in total. The van der Waals surface area contributed by atoms with E-state index in [4.69, 9.17) is 14.3 Å². The molecule has 0 aliphatic rings. The van der Waals surface area contributed by atoms with Gasteiger partial charge in [-0.2, -0.15) is 0 Å². The molecule has 0 amide bonds. The molecule has 8 heteroatoms. The number of carboxylic acid groups (broad SMARTS) is 1. The highest BCUT2D eigenvalue weighted by Crippen LogP contribution is 2.24. The van der Waals surface area contributed by atoms with Crippen LogP contribution in [0.3, 0.4) is 0 Å². The lowest BCUT2D eigenvalue weighted by Gasteiger charge is -2.05. The number of hydrogen-bond donors (Lipinski definition) is 2. The van der Waals surface area contributed by atoms with Crippen LogP contribution in [0.1, 0.15) is 16.3 Å². The van der Waals surface area contributed by atoms with Crippen molar-refractivity contribution in [3.8, 4) is 17.0 Å². The van der Waals surface area contributed by atoms with E-state index in [1.165, 1.54) is 23.9 Å². The molecule has 25 heavy (non-hydrogen) atoms. The van der Waals surface area contributed by atoms with Gasteiger partial charge in [0.25, 0.3) is 5.56 Å². The van der Waals surface area contributed by atoms with Gasteiger partial charge in [0.15, 0.2) is 5.16 Å². The highest BCUT2D eigenvalue weighted by atomic mass is 32.2. The average Bonchev–Trinajstić information content (AvgIpc) is 3.09. The average molecular weight is 358 g/mol. The van der Waals surface area contributed by atoms with Gasteiger partial charge < -0.3 is 19.2 Å². The minimum absolute atomic E-state index is 0.121. The van der Waals surface area contributed by atoms with Gasteiger partial charge in [-0.3, -0.25) is 4.79 Å². The van der Waals surface area contributed by atoms with Crippen LogP contribution in [-0.4, -0.2) is 28.2 Å². The van der Waals surface area contributed by atoms with Crippen LogP contribution in [0.2, 0.25) is 0 Å². The maximum atomic E-state index is 11.9. The Morgan fingerprint density at radius 1 is 1.28 bits per heavy atom. The van der Waals surface area contributed by atoms with Crippen LogP contribution in [0.4, 0.5) is 0 Å². The maximum absolute atomic E-state index is 11.9. The molecule has 0 saturated heterocycles. The number of thioether (sulfide) groups is 1. The van der Waals surface area contributed by atoms with E-state index in [9.17, 15) is 9.59 Å². The summed E-state index contributed by atoms with van der Waals surface area (Å²) in [6.45, 7) is 0. The van der Waals surface area contributed by atoms with Crippen LogP contribution in [0.15, 0.2) is 56.8 Å². The molecule has 0 atom stereocenters. The summed E-state index contributed by atoms with van der Waals surface area (Å²) in [6.07, 6.45) is 0. The van der Waals surface area contributed by atoms with Gasteiger partial charge in [-0.15, -0.1) is 0 Å². The minimum Gasteiger partial charge on any atom is -0.497 e. The van der Waals surface area contributed by atoms with Gasteiger partial charge in [0.05, 0.1) is 18.6 Å². The number of benzene rings is 1. The van der Waals surface area contributed by atoms with Crippen LogP contribution in [0.5, 0.6) is 5.75 Å². The maximum Gasteiger partial charge on any atom is 0.371 e. The van der Waals surface area contributed by atoms with Crippen molar-refractivity contribution in [1.82, 2.24) is 9.97 Å². The van der Waals surface area contributed by atoms with Crippen molar-refractivity contribution in [3.63, 3.8) is 0 Å². The van der Waals surface area contributed by atoms with Crippen molar-refractivity contribution < 1.29 is 19.1 Å². The Morgan fingerprint density at radius 3 is 2.68 bits per heavy atom. The Balaban J connectivity index is 1.78. The number of nitrogens with zero attached hydrogens (tertiary/aromatic N) is 1. The van der Waals surface area contributed by atoms with Crippen LogP contribution < -0.4 is 10.3 Å². The smallest absolute Gasteiger partial charge is 0.371 e. The number of hydrogen-bond acceptors (Lipinski definition) is 6. The van der Waals surface area contributed by atoms with Gasteiger partial charge in [-0.25, -0.2) is 9.78 Å². The number of aromatic nitrogens is 2. The largest absolute Gasteiger partial charge is 0.497 e. The normalized spacial score (nSPS) is 10.6. The first-order chi connectivity index (χ1) is 12.0. The van der Waals surface area contributed by atoms with Gasteiger partial charge in [0.1, 0.15) is 11.5 Å². The molecule has 0 saturated carbocycles. The quantitative estimate of drug-likeness (QED) is 0.515. The summed E-state index contributed by atoms with van der Waals surface area (Å²) >= 11 is 1.25. The van der Waals surface area contributed by atoms with Crippen molar-refractivity contribution in [1.29, 1.82) is 0 Å². The Kier molecular flexibility index (Phi) is 4.90. The molecule has 0 fully saturated rings. The first-order valence-electron chi connectivity index (χ1n) is 7.26. The number of carboxylic acids is 1. The third-order valence-corrected chi connectivity index (χ3v) is 4.22. The van der Waals surface area contributed by atoms with Crippen molar-refractivity contribution in [2.24, 2.45) is 0 Å². The van der Waals surface area contributed by atoms with E-state index >= 15 is 0 Å². The van der Waals surface area contributed by atoms with Crippen LogP contribution in [-0.2, 0) is 5.75 Å². The second-order valence-corrected chi connectivity index (χ2v) is 5.99. The molecular weight excluding hydrogens is 344 g/mol. The second kappa shape index (κ2) is 7.27. The molecular formula is C17H14N2O5S. The number of furan rings is 1. The predicted molar refractivity (Wildman–Crippen MR) is 92.1 cm³/mol. The number of rotatable bonds is 6. The number of aromatic carboxylic acids is 1. The third-order valence-electron chi connectivity index (χ3n) is 3.33. The molecule has 128 valence electrons.